The van der Waals surface area contributed by atoms with Crippen molar-refractivity contribution in [2.24, 2.45) is 0 Å². The highest BCUT2D eigenvalue weighted by Crippen LogP contribution is 2.27. The number of hydrogen-bond donors (Lipinski definition) is 1. The number of rotatable bonds is 11. The van der Waals surface area contributed by atoms with E-state index in [-0.39, 0.29) is 17.8 Å². The van der Waals surface area contributed by atoms with Gasteiger partial charge in [0.25, 0.3) is 5.91 Å². The molecule has 2 aromatic rings. The summed E-state index contributed by atoms with van der Waals surface area (Å²) in [5, 5.41) is 1.90. The Hall–Kier alpha value is -2.10. The fourth-order valence-electron chi connectivity index (χ4n) is 3.79. The summed E-state index contributed by atoms with van der Waals surface area (Å²) in [5.74, 6) is 0.0603. The third-order valence-electron chi connectivity index (χ3n) is 5.43. The average molecular weight is 480 g/mol. The Morgan fingerprint density at radius 3 is 2.72 bits per heavy atom. The van der Waals surface area contributed by atoms with Crippen LogP contribution in [-0.2, 0) is 21.3 Å². The van der Waals surface area contributed by atoms with Gasteiger partial charge in [-0.05, 0) is 54.5 Å². The molecular weight excluding hydrogens is 446 g/mol. The molecule has 0 aliphatic carbocycles. The van der Waals surface area contributed by atoms with Gasteiger partial charge in [0.05, 0.1) is 16.7 Å². The lowest BCUT2D eigenvalue weighted by Gasteiger charge is -2.28. The number of unbranched alkanes of at least 4 members (excludes halogenated alkanes) is 1. The number of carbonyl (C=O) groups is 1. The van der Waals surface area contributed by atoms with Gasteiger partial charge in [-0.25, -0.2) is 8.42 Å². The molecule has 0 saturated carbocycles. The van der Waals surface area contributed by atoms with Gasteiger partial charge in [0.15, 0.2) is 0 Å². The molecule has 3 rings (SSSR count). The van der Waals surface area contributed by atoms with E-state index < -0.39 is 10.0 Å². The van der Waals surface area contributed by atoms with Crippen LogP contribution in [0.25, 0.3) is 0 Å². The van der Waals surface area contributed by atoms with Crippen molar-refractivity contribution in [3.63, 3.8) is 0 Å². The van der Waals surface area contributed by atoms with Crippen LogP contribution in [0.3, 0.4) is 0 Å². The first kappa shape index (κ1) is 24.5. The number of carbonyl (C=O) groups excluding carboxylic acids is 1. The smallest absolute Gasteiger partial charge is 0.264 e. The Kier molecular flexibility index (Phi) is 8.56. The van der Waals surface area contributed by atoms with Crippen LogP contribution in [0.15, 0.2) is 35.7 Å². The highest BCUT2D eigenvalue weighted by Gasteiger charge is 2.25. The molecule has 1 amide bonds. The summed E-state index contributed by atoms with van der Waals surface area (Å²) >= 11 is 1.42. The minimum Gasteiger partial charge on any atom is -0.377 e. The van der Waals surface area contributed by atoms with E-state index in [0.717, 1.165) is 37.1 Å². The lowest BCUT2D eigenvalue weighted by atomic mass is 10.1. The molecule has 1 unspecified atom stereocenters. The number of sulfonamides is 1. The zero-order valence-corrected chi connectivity index (χ0v) is 20.7. The number of ether oxygens (including phenoxy) is 1. The molecule has 1 atom stereocenters. The van der Waals surface area contributed by atoms with E-state index in [1.807, 2.05) is 60.5 Å². The molecule has 176 valence electrons. The number of amides is 1. The summed E-state index contributed by atoms with van der Waals surface area (Å²) in [5.41, 5.74) is 2.34. The van der Waals surface area contributed by atoms with Crippen molar-refractivity contribution in [2.75, 3.05) is 42.6 Å². The maximum atomic E-state index is 13.3. The normalized spacial score (nSPS) is 16.2. The van der Waals surface area contributed by atoms with E-state index in [2.05, 4.69) is 4.72 Å². The first-order valence-electron chi connectivity index (χ1n) is 11.0. The Balaban J connectivity index is 1.88. The monoisotopic (exact) mass is 479 g/mol. The van der Waals surface area contributed by atoms with Crippen LogP contribution in [0.1, 0.15) is 47.8 Å². The second kappa shape index (κ2) is 11.2. The van der Waals surface area contributed by atoms with E-state index in [1.165, 1.54) is 11.3 Å². The second-order valence-corrected chi connectivity index (χ2v) is 11.1. The Bertz CT molecular complexity index is 985. The third-order valence-corrected chi connectivity index (χ3v) is 7.66. The predicted octanol–water partition coefficient (Wildman–Crippen LogP) is 4.18. The summed E-state index contributed by atoms with van der Waals surface area (Å²) in [6, 6.07) is 9.21. The molecule has 0 bridgehead atoms. The molecule has 1 fully saturated rings. The predicted molar refractivity (Wildman–Crippen MR) is 131 cm³/mol. The maximum absolute atomic E-state index is 13.3. The molecule has 2 heterocycles. The highest BCUT2D eigenvalue weighted by atomic mass is 32.2. The standard InChI is InChI=1S/C23H33N3O4S2/c1-4-5-14-32(28,29)24-19-10-11-21(25(2)3)18(15-19)16-26(17-20-8-6-12-30-20)23(27)22-9-7-13-31-22/h7,9-11,13,15,20,24H,4-6,8,12,14,16-17H2,1-3H3. The minimum atomic E-state index is -3.41. The lowest BCUT2D eigenvalue weighted by molar-refractivity contribution is 0.0511. The van der Waals surface area contributed by atoms with Crippen LogP contribution in [0.5, 0.6) is 0 Å². The molecular formula is C23H33N3O4S2. The zero-order valence-electron chi connectivity index (χ0n) is 19.0. The van der Waals surface area contributed by atoms with Gasteiger partial charge >= 0.3 is 0 Å². The Morgan fingerprint density at radius 2 is 2.09 bits per heavy atom. The molecule has 1 saturated heterocycles. The molecule has 1 aromatic heterocycles. The van der Waals surface area contributed by atoms with Crippen LogP contribution < -0.4 is 9.62 Å². The minimum absolute atomic E-state index is 0.0254. The number of anilines is 2. The highest BCUT2D eigenvalue weighted by molar-refractivity contribution is 7.92. The van der Waals surface area contributed by atoms with Crippen molar-refractivity contribution >= 4 is 38.6 Å². The van der Waals surface area contributed by atoms with Crippen LogP contribution in [0, 0.1) is 0 Å². The number of nitrogens with zero attached hydrogens (tertiary/aromatic N) is 2. The lowest BCUT2D eigenvalue weighted by Crippen LogP contribution is -2.37. The van der Waals surface area contributed by atoms with Crippen molar-refractivity contribution in [3.8, 4) is 0 Å². The Morgan fingerprint density at radius 1 is 1.28 bits per heavy atom. The van der Waals surface area contributed by atoms with Gasteiger partial charge in [0.1, 0.15) is 0 Å². The van der Waals surface area contributed by atoms with E-state index >= 15 is 0 Å². The molecule has 9 heteroatoms. The van der Waals surface area contributed by atoms with Crippen LogP contribution in [0.4, 0.5) is 11.4 Å². The molecule has 1 aliphatic heterocycles. The maximum Gasteiger partial charge on any atom is 0.264 e. The average Bonchev–Trinajstić information content (AvgIpc) is 3.45. The Labute approximate surface area is 195 Å². The van der Waals surface area contributed by atoms with Crippen molar-refractivity contribution in [3.05, 3.63) is 46.2 Å². The van der Waals surface area contributed by atoms with Gasteiger partial charge in [0.2, 0.25) is 10.0 Å². The molecule has 32 heavy (non-hydrogen) atoms. The fraction of sp³-hybridized carbons (Fsp3) is 0.522. The molecule has 1 aliphatic rings. The van der Waals surface area contributed by atoms with Crippen LogP contribution in [0.2, 0.25) is 0 Å². The summed E-state index contributed by atoms with van der Waals surface area (Å²) in [7, 11) is 0.472. The summed E-state index contributed by atoms with van der Waals surface area (Å²) < 4.78 is 33.3. The van der Waals surface area contributed by atoms with Crippen molar-refractivity contribution < 1.29 is 17.9 Å². The number of thiophene rings is 1. The van der Waals surface area contributed by atoms with Crippen LogP contribution in [-0.4, -0.2) is 58.3 Å². The quantitative estimate of drug-likeness (QED) is 0.523. The van der Waals surface area contributed by atoms with Gasteiger partial charge in [-0.2, -0.15) is 0 Å². The summed E-state index contributed by atoms with van der Waals surface area (Å²) in [4.78, 5) is 17.7. The zero-order chi connectivity index (χ0) is 23.1. The summed E-state index contributed by atoms with van der Waals surface area (Å²) in [6.45, 7) is 3.57. The van der Waals surface area contributed by atoms with Gasteiger partial charge in [-0.15, -0.1) is 11.3 Å². The molecule has 0 radical (unpaired) electrons. The fourth-order valence-corrected chi connectivity index (χ4v) is 5.74. The second-order valence-electron chi connectivity index (χ2n) is 8.31. The van der Waals surface area contributed by atoms with E-state index in [9.17, 15) is 13.2 Å². The van der Waals surface area contributed by atoms with E-state index in [1.54, 1.807) is 6.07 Å². The van der Waals surface area contributed by atoms with E-state index in [0.29, 0.717) is 30.1 Å². The number of hydrogen-bond acceptors (Lipinski definition) is 6. The molecule has 1 N–H and O–H groups in total. The SMILES string of the molecule is CCCCS(=O)(=O)Nc1ccc(N(C)C)c(CN(CC2CCCO2)C(=O)c2cccs2)c1. The largest absolute Gasteiger partial charge is 0.377 e. The first-order valence-corrected chi connectivity index (χ1v) is 13.6. The topological polar surface area (TPSA) is 79.0 Å². The van der Waals surface area contributed by atoms with Crippen molar-refractivity contribution in [1.29, 1.82) is 0 Å². The van der Waals surface area contributed by atoms with Gasteiger partial charge in [-0.1, -0.05) is 19.4 Å². The van der Waals surface area contributed by atoms with Crippen molar-refractivity contribution in [2.45, 2.75) is 45.3 Å². The molecule has 1 aromatic carbocycles. The third kappa shape index (κ3) is 6.70. The van der Waals surface area contributed by atoms with Gasteiger partial charge in [-0.3, -0.25) is 9.52 Å². The first-order chi connectivity index (χ1) is 15.3. The number of nitrogens with one attached hydrogen (secondary N) is 1. The van der Waals surface area contributed by atoms with Crippen molar-refractivity contribution in [1.82, 2.24) is 4.90 Å². The molecule has 0 spiro atoms. The van der Waals surface area contributed by atoms with Gasteiger partial charge in [0, 0.05) is 45.2 Å². The van der Waals surface area contributed by atoms with Gasteiger partial charge < -0.3 is 14.5 Å². The molecule has 7 nitrogen and oxygen atoms in total. The van der Waals surface area contributed by atoms with E-state index in [4.69, 9.17) is 4.74 Å². The van der Waals surface area contributed by atoms with Crippen LogP contribution >= 0.6 is 11.3 Å². The number of benzene rings is 1. The summed E-state index contributed by atoms with van der Waals surface area (Å²) in [6.07, 6.45) is 3.39.